The number of aliphatic hydroxyl groups is 1. The molecule has 0 spiro atoms. The largest absolute Gasteiger partial charge is 0.503 e. The molecule has 0 saturated heterocycles. The molecule has 2 aromatic heterocycles. The zero-order valence-corrected chi connectivity index (χ0v) is 21.9. The van der Waals surface area contributed by atoms with Gasteiger partial charge in [-0.1, -0.05) is 59.5 Å². The number of thioether (sulfide) groups is 1. The lowest BCUT2D eigenvalue weighted by molar-refractivity contribution is -0.117. The molecule has 0 aliphatic carbocycles. The van der Waals surface area contributed by atoms with Crippen molar-refractivity contribution in [2.24, 2.45) is 0 Å². The highest BCUT2D eigenvalue weighted by atomic mass is 32.2. The molecule has 2 aromatic carbocycles. The van der Waals surface area contributed by atoms with Crippen molar-refractivity contribution in [1.29, 1.82) is 0 Å². The van der Waals surface area contributed by atoms with E-state index in [0.717, 1.165) is 11.3 Å². The molecule has 1 aliphatic rings. The smallest absolute Gasteiger partial charge is 0.296 e. The fourth-order valence-corrected chi connectivity index (χ4v) is 6.48. The second-order valence-electron chi connectivity index (χ2n) is 7.88. The number of carbonyl (C=O) groups is 2. The van der Waals surface area contributed by atoms with Crippen LogP contribution in [0.5, 0.6) is 5.75 Å². The van der Waals surface area contributed by atoms with E-state index in [1.54, 1.807) is 60.0 Å². The summed E-state index contributed by atoms with van der Waals surface area (Å²) >= 11 is 3.64. The topological polar surface area (TPSA) is 92.6 Å². The number of ketones is 1. The number of aliphatic hydroxyl groups excluding tert-OH is 1. The maximum Gasteiger partial charge on any atom is 0.296 e. The minimum atomic E-state index is -0.931. The van der Waals surface area contributed by atoms with Crippen molar-refractivity contribution in [3.05, 3.63) is 99.2 Å². The average Bonchev–Trinajstić information content (AvgIpc) is 3.65. The normalized spacial score (nSPS) is 15.5. The zero-order chi connectivity index (χ0) is 25.9. The molecular formula is C26H20FN3O4S3. The van der Waals surface area contributed by atoms with Gasteiger partial charge in [0, 0.05) is 5.75 Å². The number of anilines is 1. The fourth-order valence-electron chi connectivity index (χ4n) is 3.94. The first-order valence-corrected chi connectivity index (χ1v) is 13.9. The van der Waals surface area contributed by atoms with Crippen molar-refractivity contribution in [1.82, 2.24) is 10.2 Å². The lowest BCUT2D eigenvalue weighted by Crippen LogP contribution is -2.31. The minimum Gasteiger partial charge on any atom is -0.503 e. The van der Waals surface area contributed by atoms with Crippen LogP contribution >= 0.6 is 34.4 Å². The standard InChI is InChI=1S/C26H20FN3O4S3/c1-2-34-17-9-5-8-15(13-17)21-20(22(31)19-11-6-12-35-19)23(32)24(33)30(21)25-28-29-26(37-25)36-14-16-7-3-4-10-18(16)27/h3-13,21,32H,2,14H2,1H3. The Bertz CT molecular complexity index is 1490. The van der Waals surface area contributed by atoms with E-state index in [-0.39, 0.29) is 16.5 Å². The second kappa shape index (κ2) is 10.8. The maximum atomic E-state index is 14.0. The number of thiophene rings is 1. The van der Waals surface area contributed by atoms with Crippen molar-refractivity contribution in [3.63, 3.8) is 0 Å². The van der Waals surface area contributed by atoms with Crippen LogP contribution in [-0.2, 0) is 10.5 Å². The number of amides is 1. The summed E-state index contributed by atoms with van der Waals surface area (Å²) in [6, 6.07) is 16.0. The summed E-state index contributed by atoms with van der Waals surface area (Å²) in [5.41, 5.74) is 1.08. The van der Waals surface area contributed by atoms with Gasteiger partial charge in [-0.15, -0.1) is 21.5 Å². The summed E-state index contributed by atoms with van der Waals surface area (Å²) < 4.78 is 20.2. The Morgan fingerprint density at radius 2 is 2.00 bits per heavy atom. The van der Waals surface area contributed by atoms with Crippen LogP contribution in [0.2, 0.25) is 0 Å². The van der Waals surface area contributed by atoms with Gasteiger partial charge in [0.15, 0.2) is 10.1 Å². The van der Waals surface area contributed by atoms with Crippen molar-refractivity contribution >= 4 is 51.3 Å². The third-order valence-electron chi connectivity index (χ3n) is 5.59. The van der Waals surface area contributed by atoms with Crippen LogP contribution in [0, 0.1) is 5.82 Å². The number of ether oxygens (including phenoxy) is 1. The Morgan fingerprint density at radius 3 is 2.76 bits per heavy atom. The number of aromatic nitrogens is 2. The molecule has 1 N–H and O–H groups in total. The van der Waals surface area contributed by atoms with Crippen LogP contribution in [0.1, 0.15) is 33.8 Å². The van der Waals surface area contributed by atoms with Crippen molar-refractivity contribution in [3.8, 4) is 5.75 Å². The van der Waals surface area contributed by atoms with Gasteiger partial charge in [0.25, 0.3) is 5.91 Å². The molecule has 1 amide bonds. The van der Waals surface area contributed by atoms with Gasteiger partial charge < -0.3 is 9.84 Å². The highest BCUT2D eigenvalue weighted by molar-refractivity contribution is 8.00. The number of halogens is 1. The van der Waals surface area contributed by atoms with E-state index < -0.39 is 23.5 Å². The lowest BCUT2D eigenvalue weighted by atomic mass is 9.95. The van der Waals surface area contributed by atoms with Crippen LogP contribution in [0.25, 0.3) is 0 Å². The van der Waals surface area contributed by atoms with Crippen molar-refractivity contribution < 1.29 is 23.8 Å². The Hall–Kier alpha value is -3.54. The first-order chi connectivity index (χ1) is 18.0. The number of carbonyl (C=O) groups excluding carboxylic acids is 2. The molecule has 188 valence electrons. The molecule has 4 aromatic rings. The van der Waals surface area contributed by atoms with Gasteiger partial charge in [0.05, 0.1) is 23.1 Å². The van der Waals surface area contributed by atoms with Gasteiger partial charge in [-0.05, 0) is 47.7 Å². The summed E-state index contributed by atoms with van der Waals surface area (Å²) in [7, 11) is 0. The van der Waals surface area contributed by atoms with Gasteiger partial charge in [-0.2, -0.15) is 0 Å². The van der Waals surface area contributed by atoms with Crippen LogP contribution in [-0.4, -0.2) is 33.6 Å². The van der Waals surface area contributed by atoms with Gasteiger partial charge >= 0.3 is 0 Å². The third kappa shape index (κ3) is 5.02. The van der Waals surface area contributed by atoms with E-state index in [4.69, 9.17) is 4.74 Å². The van der Waals surface area contributed by atoms with Crippen LogP contribution in [0.3, 0.4) is 0 Å². The summed E-state index contributed by atoms with van der Waals surface area (Å²) in [5.74, 6) is -1.21. The molecule has 37 heavy (non-hydrogen) atoms. The predicted molar refractivity (Wildman–Crippen MR) is 142 cm³/mol. The molecule has 0 bridgehead atoms. The third-order valence-corrected chi connectivity index (χ3v) is 8.57. The summed E-state index contributed by atoms with van der Waals surface area (Å²) in [6.45, 7) is 2.30. The van der Waals surface area contributed by atoms with Gasteiger partial charge in [0.1, 0.15) is 11.6 Å². The van der Waals surface area contributed by atoms with Crippen molar-refractivity contribution in [2.75, 3.05) is 11.5 Å². The minimum absolute atomic E-state index is 0.0307. The monoisotopic (exact) mass is 553 g/mol. The van der Waals surface area contributed by atoms with Crippen LogP contribution in [0.4, 0.5) is 9.52 Å². The molecule has 0 radical (unpaired) electrons. The fraction of sp³-hybridized carbons (Fsp3) is 0.154. The van der Waals surface area contributed by atoms with E-state index >= 15 is 0 Å². The molecule has 7 nitrogen and oxygen atoms in total. The lowest BCUT2D eigenvalue weighted by Gasteiger charge is -2.24. The molecule has 3 heterocycles. The van der Waals surface area contributed by atoms with E-state index in [1.807, 2.05) is 6.92 Å². The van der Waals surface area contributed by atoms with Crippen LogP contribution < -0.4 is 9.64 Å². The van der Waals surface area contributed by atoms with E-state index in [1.165, 1.54) is 34.1 Å². The zero-order valence-electron chi connectivity index (χ0n) is 19.5. The molecule has 0 fully saturated rings. The number of hydrogen-bond donors (Lipinski definition) is 1. The highest BCUT2D eigenvalue weighted by Gasteiger charge is 2.46. The average molecular weight is 554 g/mol. The van der Waals surface area contributed by atoms with Crippen molar-refractivity contribution in [2.45, 2.75) is 23.1 Å². The van der Waals surface area contributed by atoms with Crippen LogP contribution in [0.15, 0.2) is 81.7 Å². The Balaban J connectivity index is 1.51. The quantitative estimate of drug-likeness (QED) is 0.150. The number of benzene rings is 2. The number of rotatable bonds is 9. The summed E-state index contributed by atoms with van der Waals surface area (Å²) in [4.78, 5) is 28.5. The number of nitrogens with zero attached hydrogens (tertiary/aromatic N) is 3. The molecule has 0 saturated carbocycles. The molecule has 11 heteroatoms. The molecular weight excluding hydrogens is 534 g/mol. The molecule has 1 aliphatic heterocycles. The predicted octanol–water partition coefficient (Wildman–Crippen LogP) is 6.21. The summed E-state index contributed by atoms with van der Waals surface area (Å²) in [6.07, 6.45) is 0. The first kappa shape index (κ1) is 25.1. The Morgan fingerprint density at radius 1 is 1.16 bits per heavy atom. The van der Waals surface area contributed by atoms with E-state index in [0.29, 0.717) is 38.5 Å². The van der Waals surface area contributed by atoms with E-state index in [9.17, 15) is 19.1 Å². The Kier molecular flexibility index (Phi) is 7.36. The molecule has 5 rings (SSSR count). The van der Waals surface area contributed by atoms with Gasteiger partial charge in [0.2, 0.25) is 10.9 Å². The molecule has 1 atom stereocenters. The highest BCUT2D eigenvalue weighted by Crippen LogP contribution is 2.44. The second-order valence-corrected chi connectivity index (χ2v) is 11.0. The molecule has 1 unspecified atom stereocenters. The van der Waals surface area contributed by atoms with Gasteiger partial charge in [-0.25, -0.2) is 4.39 Å². The van der Waals surface area contributed by atoms with E-state index in [2.05, 4.69) is 10.2 Å². The SMILES string of the molecule is CCOc1cccc(C2C(C(=O)c3cccs3)=C(O)C(=O)N2c2nnc(SCc3ccccc3F)s2)c1. The Labute approximate surface area is 224 Å². The number of hydrogen-bond acceptors (Lipinski definition) is 9. The van der Waals surface area contributed by atoms with Gasteiger partial charge in [-0.3, -0.25) is 14.5 Å². The first-order valence-electron chi connectivity index (χ1n) is 11.2. The number of Topliss-reactive ketones (excluding diaryl/α,β-unsaturated/α-hetero) is 1. The summed E-state index contributed by atoms with van der Waals surface area (Å²) in [5, 5.41) is 21.2. The maximum absolute atomic E-state index is 14.0.